The zero-order valence-electron chi connectivity index (χ0n) is 13.7. The molecule has 1 aromatic heterocycles. The summed E-state index contributed by atoms with van der Waals surface area (Å²) in [5.41, 5.74) is 3.45. The van der Waals surface area contributed by atoms with Crippen LogP contribution in [0.15, 0.2) is 52.1 Å². The number of benzene rings is 2. The topological polar surface area (TPSA) is 68.0 Å². The summed E-state index contributed by atoms with van der Waals surface area (Å²) >= 11 is 7.39. The molecule has 0 aliphatic rings. The van der Waals surface area contributed by atoms with Crippen LogP contribution in [0.5, 0.6) is 0 Å². The molecule has 0 unspecified atom stereocenters. The second-order valence-electron chi connectivity index (χ2n) is 5.51. The number of aromatic nitrogens is 2. The van der Waals surface area contributed by atoms with Gasteiger partial charge in [0, 0.05) is 5.56 Å². The molecule has 3 aromatic rings. The zero-order valence-corrected chi connectivity index (χ0v) is 15.3. The van der Waals surface area contributed by atoms with Crippen molar-refractivity contribution in [3.05, 3.63) is 58.6 Å². The van der Waals surface area contributed by atoms with Crippen LogP contribution in [-0.4, -0.2) is 21.9 Å². The average Bonchev–Trinajstić information content (AvgIpc) is 3.06. The molecule has 0 fully saturated rings. The first-order valence-corrected chi connectivity index (χ1v) is 8.97. The number of thioether (sulfide) groups is 1. The van der Waals surface area contributed by atoms with E-state index in [0.717, 1.165) is 16.7 Å². The number of nitrogens with one attached hydrogen (secondary N) is 1. The van der Waals surface area contributed by atoms with Crippen LogP contribution in [0.25, 0.3) is 11.5 Å². The Morgan fingerprint density at radius 3 is 2.68 bits per heavy atom. The Kier molecular flexibility index (Phi) is 5.40. The van der Waals surface area contributed by atoms with Crippen molar-refractivity contribution in [3.8, 4) is 11.5 Å². The van der Waals surface area contributed by atoms with Crippen molar-refractivity contribution in [2.75, 3.05) is 11.1 Å². The molecule has 5 nitrogen and oxygen atoms in total. The van der Waals surface area contributed by atoms with Gasteiger partial charge in [0.2, 0.25) is 11.8 Å². The number of halogens is 1. The van der Waals surface area contributed by atoms with Gasteiger partial charge in [-0.2, -0.15) is 0 Å². The summed E-state index contributed by atoms with van der Waals surface area (Å²) in [5, 5.41) is 11.7. The van der Waals surface area contributed by atoms with Gasteiger partial charge < -0.3 is 9.73 Å². The molecule has 0 aliphatic carbocycles. The quantitative estimate of drug-likeness (QED) is 0.654. The van der Waals surface area contributed by atoms with Crippen LogP contribution in [-0.2, 0) is 4.79 Å². The number of nitrogens with zero attached hydrogens (tertiary/aromatic N) is 2. The largest absolute Gasteiger partial charge is 0.411 e. The first-order chi connectivity index (χ1) is 12.0. The molecule has 0 radical (unpaired) electrons. The van der Waals surface area contributed by atoms with Crippen LogP contribution < -0.4 is 5.32 Å². The van der Waals surface area contributed by atoms with Gasteiger partial charge in [0.15, 0.2) is 0 Å². The van der Waals surface area contributed by atoms with Gasteiger partial charge in [-0.25, -0.2) is 0 Å². The lowest BCUT2D eigenvalue weighted by Gasteiger charge is -2.11. The Labute approximate surface area is 154 Å². The van der Waals surface area contributed by atoms with Gasteiger partial charge in [-0.1, -0.05) is 47.6 Å². The Hall–Kier alpha value is -2.31. The molecule has 7 heteroatoms. The lowest BCUT2D eigenvalue weighted by atomic mass is 10.1. The number of hydrogen-bond acceptors (Lipinski definition) is 5. The number of aryl methyl sites for hydroxylation is 2. The Balaban J connectivity index is 1.61. The third-order valence-corrected chi connectivity index (χ3v) is 4.57. The van der Waals surface area contributed by atoms with E-state index in [1.54, 1.807) is 0 Å². The van der Waals surface area contributed by atoms with Crippen LogP contribution in [0.4, 0.5) is 5.69 Å². The number of anilines is 1. The van der Waals surface area contributed by atoms with E-state index in [1.807, 2.05) is 56.3 Å². The molecule has 1 N–H and O–H groups in total. The standard InChI is InChI=1S/C18H16ClN3O2S/c1-11-8-12(2)16(14(19)9-11)20-15(23)10-25-18-22-21-17(24-18)13-6-4-3-5-7-13/h3-9H,10H2,1-2H3,(H,20,23). The lowest BCUT2D eigenvalue weighted by Crippen LogP contribution is -2.15. The van der Waals surface area contributed by atoms with Crippen molar-refractivity contribution in [2.45, 2.75) is 19.1 Å². The average molecular weight is 374 g/mol. The minimum Gasteiger partial charge on any atom is -0.411 e. The van der Waals surface area contributed by atoms with Gasteiger partial charge in [0.25, 0.3) is 5.22 Å². The van der Waals surface area contributed by atoms with E-state index < -0.39 is 0 Å². The molecule has 0 spiro atoms. The van der Waals surface area contributed by atoms with E-state index in [0.29, 0.717) is 21.8 Å². The van der Waals surface area contributed by atoms with Crippen LogP contribution in [0.3, 0.4) is 0 Å². The summed E-state index contributed by atoms with van der Waals surface area (Å²) < 4.78 is 5.57. The van der Waals surface area contributed by atoms with E-state index >= 15 is 0 Å². The molecule has 0 bridgehead atoms. The fourth-order valence-corrected chi connectivity index (χ4v) is 3.27. The maximum Gasteiger partial charge on any atom is 0.277 e. The number of amides is 1. The normalized spacial score (nSPS) is 10.7. The van der Waals surface area contributed by atoms with E-state index in [4.69, 9.17) is 16.0 Å². The summed E-state index contributed by atoms with van der Waals surface area (Å²) in [6.45, 7) is 3.87. The third kappa shape index (κ3) is 4.41. The highest BCUT2D eigenvalue weighted by Gasteiger charge is 2.13. The molecule has 128 valence electrons. The number of carbonyl (C=O) groups is 1. The first-order valence-electron chi connectivity index (χ1n) is 7.61. The lowest BCUT2D eigenvalue weighted by molar-refractivity contribution is -0.113. The van der Waals surface area contributed by atoms with Crippen molar-refractivity contribution < 1.29 is 9.21 Å². The van der Waals surface area contributed by atoms with Crippen molar-refractivity contribution >= 4 is 35.0 Å². The maximum atomic E-state index is 12.2. The predicted octanol–water partition coefficient (Wildman–Crippen LogP) is 4.74. The van der Waals surface area contributed by atoms with Gasteiger partial charge >= 0.3 is 0 Å². The Morgan fingerprint density at radius 1 is 1.20 bits per heavy atom. The SMILES string of the molecule is Cc1cc(C)c(NC(=O)CSc2nnc(-c3ccccc3)o2)c(Cl)c1. The molecular formula is C18H16ClN3O2S. The summed E-state index contributed by atoms with van der Waals surface area (Å²) in [5.74, 6) is 0.402. The molecule has 3 rings (SSSR count). The van der Waals surface area contributed by atoms with Gasteiger partial charge in [-0.3, -0.25) is 4.79 Å². The first kappa shape index (κ1) is 17.5. The molecule has 0 saturated heterocycles. The van der Waals surface area contributed by atoms with E-state index in [1.165, 1.54) is 11.8 Å². The molecule has 0 atom stereocenters. The molecular weight excluding hydrogens is 358 g/mol. The number of rotatable bonds is 5. The molecule has 1 amide bonds. The Morgan fingerprint density at radius 2 is 1.96 bits per heavy atom. The van der Waals surface area contributed by atoms with Crippen LogP contribution in [0.2, 0.25) is 5.02 Å². The highest BCUT2D eigenvalue weighted by molar-refractivity contribution is 7.99. The summed E-state index contributed by atoms with van der Waals surface area (Å²) in [4.78, 5) is 12.2. The molecule has 25 heavy (non-hydrogen) atoms. The molecule has 1 heterocycles. The fraction of sp³-hybridized carbons (Fsp3) is 0.167. The van der Waals surface area contributed by atoms with E-state index in [2.05, 4.69) is 15.5 Å². The maximum absolute atomic E-state index is 12.2. The second-order valence-corrected chi connectivity index (χ2v) is 6.85. The van der Waals surface area contributed by atoms with Gasteiger partial charge in [0.05, 0.1) is 16.5 Å². The van der Waals surface area contributed by atoms with Crippen molar-refractivity contribution in [2.24, 2.45) is 0 Å². The molecule has 0 aliphatic heterocycles. The summed E-state index contributed by atoms with van der Waals surface area (Å²) in [6.07, 6.45) is 0. The monoisotopic (exact) mass is 373 g/mol. The van der Waals surface area contributed by atoms with Crippen molar-refractivity contribution in [3.63, 3.8) is 0 Å². The predicted molar refractivity (Wildman–Crippen MR) is 100 cm³/mol. The highest BCUT2D eigenvalue weighted by Crippen LogP contribution is 2.28. The summed E-state index contributed by atoms with van der Waals surface area (Å²) in [7, 11) is 0. The fourth-order valence-electron chi connectivity index (χ4n) is 2.34. The molecule has 2 aromatic carbocycles. The Bertz CT molecular complexity index is 873. The van der Waals surface area contributed by atoms with Crippen molar-refractivity contribution in [1.82, 2.24) is 10.2 Å². The van der Waals surface area contributed by atoms with Crippen LogP contribution >= 0.6 is 23.4 Å². The number of carbonyl (C=O) groups excluding carboxylic acids is 1. The minimum atomic E-state index is -0.182. The van der Waals surface area contributed by atoms with Crippen LogP contribution in [0.1, 0.15) is 11.1 Å². The smallest absolute Gasteiger partial charge is 0.277 e. The van der Waals surface area contributed by atoms with Gasteiger partial charge in [-0.15, -0.1) is 10.2 Å². The third-order valence-electron chi connectivity index (χ3n) is 3.45. The minimum absolute atomic E-state index is 0.153. The van der Waals surface area contributed by atoms with E-state index in [9.17, 15) is 4.79 Å². The van der Waals surface area contributed by atoms with Crippen molar-refractivity contribution in [1.29, 1.82) is 0 Å². The van der Waals surface area contributed by atoms with Crippen LogP contribution in [0, 0.1) is 13.8 Å². The van der Waals surface area contributed by atoms with Gasteiger partial charge in [-0.05, 0) is 43.2 Å². The molecule has 0 saturated carbocycles. The number of hydrogen-bond donors (Lipinski definition) is 1. The summed E-state index contributed by atoms with van der Waals surface area (Å²) in [6, 6.07) is 13.3. The second kappa shape index (κ2) is 7.72. The van der Waals surface area contributed by atoms with E-state index in [-0.39, 0.29) is 11.7 Å². The van der Waals surface area contributed by atoms with Gasteiger partial charge in [0.1, 0.15) is 0 Å². The highest BCUT2D eigenvalue weighted by atomic mass is 35.5. The zero-order chi connectivity index (χ0) is 17.8.